The Balaban J connectivity index is 1.34. The van der Waals surface area contributed by atoms with Crippen LogP contribution < -0.4 is 5.32 Å². The number of anilines is 1. The Morgan fingerprint density at radius 2 is 1.92 bits per heavy atom. The maximum absolute atomic E-state index is 12.9. The van der Waals surface area contributed by atoms with E-state index in [1.54, 1.807) is 0 Å². The molecule has 2 aromatic rings. The third-order valence-electron chi connectivity index (χ3n) is 5.50. The number of carbonyl (C=O) groups is 1. The molecule has 4 rings (SSSR count). The van der Waals surface area contributed by atoms with Crippen LogP contribution in [0, 0.1) is 17.7 Å². The molecule has 2 unspecified atom stereocenters. The van der Waals surface area contributed by atoms with Crippen LogP contribution in [0.3, 0.4) is 0 Å². The molecule has 0 spiro atoms. The first kappa shape index (κ1) is 17.5. The summed E-state index contributed by atoms with van der Waals surface area (Å²) in [5.74, 6) is 1.10. The van der Waals surface area contributed by atoms with Gasteiger partial charge < -0.3 is 5.32 Å². The van der Waals surface area contributed by atoms with E-state index in [0.29, 0.717) is 10.7 Å². The molecule has 138 valence electrons. The van der Waals surface area contributed by atoms with Crippen molar-refractivity contribution >= 4 is 22.9 Å². The topological polar surface area (TPSA) is 58.1 Å². The fourth-order valence-corrected chi connectivity index (χ4v) is 4.92. The van der Waals surface area contributed by atoms with E-state index in [4.69, 9.17) is 0 Å². The molecule has 1 aromatic heterocycles. The number of benzene rings is 1. The second-order valence-electron chi connectivity index (χ2n) is 7.29. The number of piperidine rings is 1. The maximum Gasteiger partial charge on any atom is 0.286 e. The standard InChI is InChI=1S/C19H23FN4OS/c20-15-5-7-16(8-6-15)21-18(25)19-23-22-17(26-19)12-24-10-9-13-3-1-2-4-14(13)11-24/h5-8,13-14H,1-4,9-12H2,(H,21,25). The van der Waals surface area contributed by atoms with Crippen molar-refractivity contribution in [3.63, 3.8) is 0 Å². The van der Waals surface area contributed by atoms with Crippen LogP contribution in [0.4, 0.5) is 10.1 Å². The van der Waals surface area contributed by atoms with Crippen LogP contribution in [0.1, 0.15) is 46.9 Å². The fourth-order valence-electron chi connectivity index (χ4n) is 4.14. The van der Waals surface area contributed by atoms with E-state index >= 15 is 0 Å². The summed E-state index contributed by atoms with van der Waals surface area (Å²) in [6.45, 7) is 3.02. The number of fused-ring (bicyclic) bond motifs is 1. The molecule has 0 radical (unpaired) electrons. The van der Waals surface area contributed by atoms with Gasteiger partial charge in [0.1, 0.15) is 10.8 Å². The van der Waals surface area contributed by atoms with E-state index < -0.39 is 0 Å². The molecule has 7 heteroatoms. The number of carbonyl (C=O) groups excluding carboxylic acids is 1. The molecule has 1 saturated carbocycles. The van der Waals surface area contributed by atoms with Crippen molar-refractivity contribution in [3.05, 3.63) is 40.1 Å². The Morgan fingerprint density at radius 1 is 1.15 bits per heavy atom. The number of hydrogen-bond donors (Lipinski definition) is 1. The van der Waals surface area contributed by atoms with Crippen LogP contribution in [-0.4, -0.2) is 34.1 Å². The zero-order valence-electron chi connectivity index (χ0n) is 14.7. The van der Waals surface area contributed by atoms with Crippen molar-refractivity contribution in [1.29, 1.82) is 0 Å². The number of aromatic nitrogens is 2. The normalized spacial score (nSPS) is 23.4. The summed E-state index contributed by atoms with van der Waals surface area (Å²) in [4.78, 5) is 14.7. The van der Waals surface area contributed by atoms with Gasteiger partial charge in [-0.1, -0.05) is 30.6 Å². The van der Waals surface area contributed by atoms with E-state index in [1.165, 1.54) is 67.7 Å². The quantitative estimate of drug-likeness (QED) is 0.881. The minimum Gasteiger partial charge on any atom is -0.320 e. The highest BCUT2D eigenvalue weighted by atomic mass is 32.1. The molecule has 0 bridgehead atoms. The van der Waals surface area contributed by atoms with Gasteiger partial charge in [-0.3, -0.25) is 9.69 Å². The van der Waals surface area contributed by atoms with Crippen LogP contribution in [0.25, 0.3) is 0 Å². The molecule has 1 amide bonds. The number of hydrogen-bond acceptors (Lipinski definition) is 5. The lowest BCUT2D eigenvalue weighted by molar-refractivity contribution is 0.0819. The second kappa shape index (κ2) is 7.80. The van der Waals surface area contributed by atoms with Gasteiger partial charge in [0.25, 0.3) is 5.91 Å². The van der Waals surface area contributed by atoms with E-state index in [0.717, 1.165) is 36.5 Å². The van der Waals surface area contributed by atoms with E-state index in [2.05, 4.69) is 20.4 Å². The molecule has 2 fully saturated rings. The summed E-state index contributed by atoms with van der Waals surface area (Å²) >= 11 is 1.34. The molecule has 1 aliphatic carbocycles. The second-order valence-corrected chi connectivity index (χ2v) is 8.35. The fraction of sp³-hybridized carbons (Fsp3) is 0.526. The number of rotatable bonds is 4. The Morgan fingerprint density at radius 3 is 2.73 bits per heavy atom. The highest BCUT2D eigenvalue weighted by molar-refractivity contribution is 7.13. The molecule has 26 heavy (non-hydrogen) atoms. The monoisotopic (exact) mass is 374 g/mol. The van der Waals surface area contributed by atoms with Crippen molar-refractivity contribution in [1.82, 2.24) is 15.1 Å². The molecule has 2 atom stereocenters. The number of likely N-dealkylation sites (tertiary alicyclic amines) is 1. The average Bonchev–Trinajstić information content (AvgIpc) is 3.12. The van der Waals surface area contributed by atoms with Gasteiger partial charge in [-0.15, -0.1) is 10.2 Å². The number of amides is 1. The summed E-state index contributed by atoms with van der Waals surface area (Å²) in [6, 6.07) is 5.69. The van der Waals surface area contributed by atoms with Gasteiger partial charge in [0.15, 0.2) is 0 Å². The third kappa shape index (κ3) is 4.10. The first-order valence-corrected chi connectivity index (χ1v) is 10.1. The minimum absolute atomic E-state index is 0.300. The highest BCUT2D eigenvalue weighted by Gasteiger charge is 2.31. The molecule has 1 saturated heterocycles. The Hall–Kier alpha value is -1.86. The number of nitrogens with zero attached hydrogens (tertiary/aromatic N) is 3. The molecule has 5 nitrogen and oxygen atoms in total. The Labute approximate surface area is 156 Å². The van der Waals surface area contributed by atoms with Gasteiger partial charge in [-0.2, -0.15) is 0 Å². The third-order valence-corrected chi connectivity index (χ3v) is 6.40. The van der Waals surface area contributed by atoms with Crippen molar-refractivity contribution < 1.29 is 9.18 Å². The smallest absolute Gasteiger partial charge is 0.286 e. The summed E-state index contributed by atoms with van der Waals surface area (Å²) in [6.07, 6.45) is 6.78. The summed E-state index contributed by atoms with van der Waals surface area (Å²) in [5.41, 5.74) is 0.549. The molecular weight excluding hydrogens is 351 g/mol. The average molecular weight is 374 g/mol. The van der Waals surface area contributed by atoms with Gasteiger partial charge in [-0.05, 0) is 55.5 Å². The predicted molar refractivity (Wildman–Crippen MR) is 99.6 cm³/mol. The van der Waals surface area contributed by atoms with Crippen molar-refractivity contribution in [2.24, 2.45) is 11.8 Å². The van der Waals surface area contributed by atoms with Crippen molar-refractivity contribution in [3.8, 4) is 0 Å². The molecule has 2 aliphatic rings. The van der Waals surface area contributed by atoms with Crippen LogP contribution in [0.5, 0.6) is 0 Å². The van der Waals surface area contributed by atoms with Crippen molar-refractivity contribution in [2.45, 2.75) is 38.6 Å². The van der Waals surface area contributed by atoms with Gasteiger partial charge in [0.2, 0.25) is 5.01 Å². The predicted octanol–water partition coefficient (Wildman–Crippen LogP) is 3.94. The van der Waals surface area contributed by atoms with E-state index in [9.17, 15) is 9.18 Å². The maximum atomic E-state index is 12.9. The van der Waals surface area contributed by atoms with E-state index in [1.807, 2.05) is 0 Å². The van der Waals surface area contributed by atoms with Gasteiger partial charge in [0.05, 0.1) is 6.54 Å². The van der Waals surface area contributed by atoms with Crippen LogP contribution in [-0.2, 0) is 6.54 Å². The van der Waals surface area contributed by atoms with Gasteiger partial charge >= 0.3 is 0 Å². The van der Waals surface area contributed by atoms with Gasteiger partial charge in [-0.25, -0.2) is 4.39 Å². The summed E-state index contributed by atoms with van der Waals surface area (Å²) in [5, 5.41) is 12.2. The lowest BCUT2D eigenvalue weighted by atomic mass is 9.75. The van der Waals surface area contributed by atoms with E-state index in [-0.39, 0.29) is 11.7 Å². The largest absolute Gasteiger partial charge is 0.320 e. The van der Waals surface area contributed by atoms with Crippen molar-refractivity contribution in [2.75, 3.05) is 18.4 Å². The zero-order chi connectivity index (χ0) is 17.9. The molecule has 1 N–H and O–H groups in total. The SMILES string of the molecule is O=C(Nc1ccc(F)cc1)c1nnc(CN2CCC3CCCCC3C2)s1. The first-order valence-electron chi connectivity index (χ1n) is 9.29. The van der Waals surface area contributed by atoms with Crippen LogP contribution >= 0.6 is 11.3 Å². The van der Waals surface area contributed by atoms with Gasteiger partial charge in [0, 0.05) is 12.2 Å². The molecular formula is C19H23FN4OS. The lowest BCUT2D eigenvalue weighted by Gasteiger charge is -2.41. The molecule has 1 aliphatic heterocycles. The number of nitrogens with one attached hydrogen (secondary N) is 1. The Bertz CT molecular complexity index is 763. The lowest BCUT2D eigenvalue weighted by Crippen LogP contribution is -2.41. The van der Waals surface area contributed by atoms with Crippen LogP contribution in [0.15, 0.2) is 24.3 Å². The number of halogens is 1. The summed E-state index contributed by atoms with van der Waals surface area (Å²) < 4.78 is 12.9. The Kier molecular flexibility index (Phi) is 5.26. The minimum atomic E-state index is -0.331. The first-order chi connectivity index (χ1) is 12.7. The summed E-state index contributed by atoms with van der Waals surface area (Å²) in [7, 11) is 0. The highest BCUT2D eigenvalue weighted by Crippen LogP contribution is 2.36. The van der Waals surface area contributed by atoms with Crippen LogP contribution in [0.2, 0.25) is 0 Å². The molecule has 2 heterocycles. The molecule has 1 aromatic carbocycles. The zero-order valence-corrected chi connectivity index (χ0v) is 15.5.